The van der Waals surface area contributed by atoms with Crippen LogP contribution in [-0.4, -0.2) is 0 Å². The summed E-state index contributed by atoms with van der Waals surface area (Å²) in [7, 11) is 0. The molecule has 0 radical (unpaired) electrons. The van der Waals surface area contributed by atoms with Gasteiger partial charge in [0.05, 0.1) is 5.69 Å². The first-order valence-electron chi connectivity index (χ1n) is 17.8. The standard InChI is InChI=1S/C50H33NS/c1-2-10-34(11-3-1)41-26-31-48-46(33-41)50-47(18-9-19-49(50)52-48)51(42-27-22-36(23-28-42)40-21-20-35-12-4-5-14-39(35)32-40)43-29-24-38(25-30-43)45-17-8-15-37-13-6-7-16-44(37)45/h1-33H. The Balaban J connectivity index is 1.14. The topological polar surface area (TPSA) is 3.24 Å². The fourth-order valence-electron chi connectivity index (χ4n) is 7.67. The average Bonchev–Trinajstić information content (AvgIpc) is 3.60. The maximum Gasteiger partial charge on any atom is 0.0554 e. The Morgan fingerprint density at radius 3 is 1.73 bits per heavy atom. The van der Waals surface area contributed by atoms with Crippen LogP contribution in [0.15, 0.2) is 200 Å². The second-order valence-corrected chi connectivity index (χ2v) is 14.4. The van der Waals surface area contributed by atoms with E-state index in [1.807, 2.05) is 11.3 Å². The van der Waals surface area contributed by atoms with Gasteiger partial charge in [0.25, 0.3) is 0 Å². The van der Waals surface area contributed by atoms with Gasteiger partial charge < -0.3 is 4.90 Å². The highest BCUT2D eigenvalue weighted by Crippen LogP contribution is 2.46. The zero-order valence-electron chi connectivity index (χ0n) is 28.4. The number of benzene rings is 9. The normalized spacial score (nSPS) is 11.5. The lowest BCUT2D eigenvalue weighted by atomic mass is 9.97. The molecular formula is C50H33NS. The summed E-state index contributed by atoms with van der Waals surface area (Å²) < 4.78 is 2.57. The zero-order chi connectivity index (χ0) is 34.4. The van der Waals surface area contributed by atoms with Gasteiger partial charge in [0.2, 0.25) is 0 Å². The van der Waals surface area contributed by atoms with E-state index in [9.17, 15) is 0 Å². The predicted molar refractivity (Wildman–Crippen MR) is 225 cm³/mol. The molecule has 0 saturated heterocycles. The van der Waals surface area contributed by atoms with Crippen LogP contribution in [0.4, 0.5) is 17.1 Å². The van der Waals surface area contributed by atoms with Gasteiger partial charge in [0, 0.05) is 31.5 Å². The lowest BCUT2D eigenvalue weighted by Gasteiger charge is -2.27. The average molecular weight is 680 g/mol. The SMILES string of the molecule is c1ccc(-c2ccc3sc4cccc(N(c5ccc(-c6ccc7ccccc7c6)cc5)c5ccc(-c6cccc7ccccc67)cc5)c4c3c2)cc1. The van der Waals surface area contributed by atoms with Gasteiger partial charge in [-0.25, -0.2) is 0 Å². The van der Waals surface area contributed by atoms with Gasteiger partial charge in [-0.15, -0.1) is 11.3 Å². The molecule has 9 aromatic carbocycles. The predicted octanol–water partition coefficient (Wildman–Crippen LogP) is 14.8. The lowest BCUT2D eigenvalue weighted by molar-refractivity contribution is 1.30. The summed E-state index contributed by atoms with van der Waals surface area (Å²) in [6, 6.07) is 73.0. The van der Waals surface area contributed by atoms with Gasteiger partial charge in [-0.05, 0) is 110 Å². The number of thiophene rings is 1. The van der Waals surface area contributed by atoms with Crippen molar-refractivity contribution >= 4 is 70.1 Å². The van der Waals surface area contributed by atoms with Crippen LogP contribution in [0.3, 0.4) is 0 Å². The highest BCUT2D eigenvalue weighted by molar-refractivity contribution is 7.26. The van der Waals surface area contributed by atoms with Gasteiger partial charge in [0.1, 0.15) is 0 Å². The summed E-state index contributed by atoms with van der Waals surface area (Å²) in [6.45, 7) is 0. The maximum atomic E-state index is 2.43. The molecule has 0 amide bonds. The van der Waals surface area contributed by atoms with Crippen LogP contribution < -0.4 is 4.90 Å². The second kappa shape index (κ2) is 12.7. The highest BCUT2D eigenvalue weighted by Gasteiger charge is 2.19. The smallest absolute Gasteiger partial charge is 0.0554 e. The number of fused-ring (bicyclic) bond motifs is 5. The monoisotopic (exact) mass is 679 g/mol. The van der Waals surface area contributed by atoms with Crippen molar-refractivity contribution in [3.05, 3.63) is 200 Å². The number of hydrogen-bond acceptors (Lipinski definition) is 2. The van der Waals surface area contributed by atoms with E-state index < -0.39 is 0 Å². The van der Waals surface area contributed by atoms with Crippen LogP contribution in [0.1, 0.15) is 0 Å². The van der Waals surface area contributed by atoms with E-state index in [0.717, 1.165) is 11.4 Å². The quantitative estimate of drug-likeness (QED) is 0.169. The summed E-state index contributed by atoms with van der Waals surface area (Å²) in [5, 5.41) is 7.58. The molecule has 0 fully saturated rings. The molecule has 0 saturated carbocycles. The Kier molecular flexibility index (Phi) is 7.41. The second-order valence-electron chi connectivity index (χ2n) is 13.3. The summed E-state index contributed by atoms with van der Waals surface area (Å²) in [5.74, 6) is 0. The minimum Gasteiger partial charge on any atom is -0.310 e. The number of anilines is 3. The minimum atomic E-state index is 1.12. The van der Waals surface area contributed by atoms with Crippen molar-refractivity contribution in [1.29, 1.82) is 0 Å². The molecule has 0 bridgehead atoms. The number of rotatable bonds is 6. The van der Waals surface area contributed by atoms with E-state index in [4.69, 9.17) is 0 Å². The molecule has 0 aliphatic rings. The third-order valence-electron chi connectivity index (χ3n) is 10.3. The van der Waals surface area contributed by atoms with Crippen LogP contribution in [0.2, 0.25) is 0 Å². The molecule has 52 heavy (non-hydrogen) atoms. The summed E-state index contributed by atoms with van der Waals surface area (Å²) in [6.07, 6.45) is 0. The first-order chi connectivity index (χ1) is 25.8. The molecule has 0 atom stereocenters. The Labute approximate surface area is 307 Å². The minimum absolute atomic E-state index is 1.12. The molecule has 2 heteroatoms. The van der Waals surface area contributed by atoms with Crippen molar-refractivity contribution in [3.63, 3.8) is 0 Å². The molecule has 10 rings (SSSR count). The molecule has 0 aliphatic heterocycles. The Bertz CT molecular complexity index is 2880. The van der Waals surface area contributed by atoms with E-state index in [-0.39, 0.29) is 0 Å². The van der Waals surface area contributed by atoms with Gasteiger partial charge in [-0.2, -0.15) is 0 Å². The third-order valence-corrected chi connectivity index (χ3v) is 11.4. The van der Waals surface area contributed by atoms with E-state index in [0.29, 0.717) is 0 Å². The molecular weight excluding hydrogens is 647 g/mol. The van der Waals surface area contributed by atoms with Crippen molar-refractivity contribution in [2.45, 2.75) is 0 Å². The molecule has 0 aliphatic carbocycles. The number of nitrogens with zero attached hydrogens (tertiary/aromatic N) is 1. The largest absolute Gasteiger partial charge is 0.310 e. The van der Waals surface area contributed by atoms with E-state index in [2.05, 4.69) is 205 Å². The van der Waals surface area contributed by atoms with E-state index in [1.54, 1.807) is 0 Å². The van der Waals surface area contributed by atoms with Crippen LogP contribution >= 0.6 is 11.3 Å². The fourth-order valence-corrected chi connectivity index (χ4v) is 8.78. The lowest BCUT2D eigenvalue weighted by Crippen LogP contribution is -2.10. The van der Waals surface area contributed by atoms with Gasteiger partial charge in [-0.1, -0.05) is 146 Å². The zero-order valence-corrected chi connectivity index (χ0v) is 29.2. The molecule has 1 nitrogen and oxygen atoms in total. The van der Waals surface area contributed by atoms with E-state index >= 15 is 0 Å². The van der Waals surface area contributed by atoms with Gasteiger partial charge >= 0.3 is 0 Å². The van der Waals surface area contributed by atoms with Gasteiger partial charge in [0.15, 0.2) is 0 Å². The molecule has 244 valence electrons. The summed E-state index contributed by atoms with van der Waals surface area (Å²) in [4.78, 5) is 2.43. The molecule has 0 unspecified atom stereocenters. The van der Waals surface area contributed by atoms with E-state index in [1.165, 1.54) is 80.8 Å². The Hall–Kier alpha value is -6.48. The van der Waals surface area contributed by atoms with Crippen molar-refractivity contribution in [2.24, 2.45) is 0 Å². The van der Waals surface area contributed by atoms with Crippen molar-refractivity contribution < 1.29 is 0 Å². The molecule has 10 aromatic rings. The Morgan fingerprint density at radius 1 is 0.327 bits per heavy atom. The fraction of sp³-hybridized carbons (Fsp3) is 0. The van der Waals surface area contributed by atoms with Crippen molar-refractivity contribution in [3.8, 4) is 33.4 Å². The van der Waals surface area contributed by atoms with Crippen LogP contribution in [-0.2, 0) is 0 Å². The highest BCUT2D eigenvalue weighted by atomic mass is 32.1. The summed E-state index contributed by atoms with van der Waals surface area (Å²) >= 11 is 1.86. The van der Waals surface area contributed by atoms with Crippen LogP contribution in [0, 0.1) is 0 Å². The molecule has 0 N–H and O–H groups in total. The van der Waals surface area contributed by atoms with Crippen molar-refractivity contribution in [2.75, 3.05) is 4.90 Å². The van der Waals surface area contributed by atoms with Crippen molar-refractivity contribution in [1.82, 2.24) is 0 Å². The van der Waals surface area contributed by atoms with Gasteiger partial charge in [-0.3, -0.25) is 0 Å². The maximum absolute atomic E-state index is 2.43. The van der Waals surface area contributed by atoms with Crippen LogP contribution in [0.5, 0.6) is 0 Å². The van der Waals surface area contributed by atoms with Crippen LogP contribution in [0.25, 0.3) is 75.1 Å². The summed E-state index contributed by atoms with van der Waals surface area (Å²) in [5.41, 5.74) is 10.7. The molecule has 1 heterocycles. The molecule has 0 spiro atoms. The number of hydrogen-bond donors (Lipinski definition) is 0. The molecule has 1 aromatic heterocycles. The Morgan fingerprint density at radius 2 is 0.923 bits per heavy atom. The first-order valence-corrected chi connectivity index (χ1v) is 18.6. The first kappa shape index (κ1) is 30.4. The third kappa shape index (κ3) is 5.33.